The third-order valence-corrected chi connectivity index (χ3v) is 12.3. The Morgan fingerprint density at radius 1 is 0.300 bits per heavy atom. The maximum Gasteiger partial charge on any atom is 0.306 e. The molecule has 0 radical (unpaired) electrons. The molecule has 70 heavy (non-hydrogen) atoms. The van der Waals surface area contributed by atoms with Crippen molar-refractivity contribution in [2.45, 2.75) is 277 Å². The third-order valence-electron chi connectivity index (χ3n) is 12.3. The van der Waals surface area contributed by atoms with Crippen molar-refractivity contribution in [1.82, 2.24) is 0 Å². The molecule has 0 saturated carbocycles. The van der Waals surface area contributed by atoms with E-state index in [1.165, 1.54) is 96.3 Å². The molecule has 0 fully saturated rings. The topological polar surface area (TPSA) is 78.9 Å². The van der Waals surface area contributed by atoms with E-state index >= 15 is 0 Å². The number of rotatable bonds is 52. The molecule has 0 unspecified atom stereocenters. The van der Waals surface area contributed by atoms with Crippen LogP contribution in [0.25, 0.3) is 0 Å². The minimum absolute atomic E-state index is 0.0960. The fourth-order valence-electron chi connectivity index (χ4n) is 8.01. The van der Waals surface area contributed by atoms with Gasteiger partial charge in [0, 0.05) is 19.3 Å². The minimum Gasteiger partial charge on any atom is -0.462 e. The van der Waals surface area contributed by atoms with Gasteiger partial charge in [0.25, 0.3) is 0 Å². The van der Waals surface area contributed by atoms with E-state index in [1.54, 1.807) is 0 Å². The first-order valence-corrected chi connectivity index (χ1v) is 29.2. The number of allylic oxidation sites excluding steroid dienone is 16. The molecule has 0 aliphatic rings. The van der Waals surface area contributed by atoms with E-state index in [0.717, 1.165) is 135 Å². The van der Waals surface area contributed by atoms with Crippen LogP contribution in [0, 0.1) is 0 Å². The number of ether oxygens (including phenoxy) is 3. The molecule has 400 valence electrons. The van der Waals surface area contributed by atoms with Crippen molar-refractivity contribution < 1.29 is 28.6 Å². The first-order valence-electron chi connectivity index (χ1n) is 29.2. The Bertz CT molecular complexity index is 1400. The highest BCUT2D eigenvalue weighted by Crippen LogP contribution is 2.16. The van der Waals surface area contributed by atoms with Gasteiger partial charge in [-0.15, -0.1) is 0 Å². The summed E-state index contributed by atoms with van der Waals surface area (Å²) in [5.74, 6) is -0.937. The smallest absolute Gasteiger partial charge is 0.306 e. The summed E-state index contributed by atoms with van der Waals surface area (Å²) in [6.45, 7) is 6.39. The zero-order valence-corrected chi connectivity index (χ0v) is 45.8. The number of esters is 3. The maximum absolute atomic E-state index is 12.9. The van der Waals surface area contributed by atoms with Crippen LogP contribution in [-0.4, -0.2) is 37.2 Å². The van der Waals surface area contributed by atoms with Crippen LogP contribution in [-0.2, 0) is 28.6 Å². The largest absolute Gasteiger partial charge is 0.462 e. The van der Waals surface area contributed by atoms with Crippen LogP contribution in [0.5, 0.6) is 0 Å². The molecule has 0 aromatic heterocycles. The maximum atomic E-state index is 12.9. The molecule has 0 N–H and O–H groups in total. The van der Waals surface area contributed by atoms with Crippen LogP contribution in [0.15, 0.2) is 97.2 Å². The first kappa shape index (κ1) is 66.3. The Balaban J connectivity index is 4.45. The number of unbranched alkanes of at least 4 members (excludes halogenated alkanes) is 25. The second-order valence-corrected chi connectivity index (χ2v) is 19.1. The van der Waals surface area contributed by atoms with Crippen LogP contribution >= 0.6 is 0 Å². The Morgan fingerprint density at radius 3 is 0.886 bits per heavy atom. The van der Waals surface area contributed by atoms with E-state index in [4.69, 9.17) is 14.2 Å². The van der Waals surface area contributed by atoms with E-state index in [9.17, 15) is 14.4 Å². The molecule has 6 nitrogen and oxygen atoms in total. The lowest BCUT2D eigenvalue weighted by Gasteiger charge is -2.18. The summed E-state index contributed by atoms with van der Waals surface area (Å²) in [7, 11) is 0. The normalized spacial score (nSPS) is 12.8. The highest BCUT2D eigenvalue weighted by molar-refractivity contribution is 5.71. The molecule has 0 aromatic carbocycles. The molecule has 0 aliphatic carbocycles. The number of hydrogen-bond donors (Lipinski definition) is 0. The predicted octanol–water partition coefficient (Wildman–Crippen LogP) is 19.7. The van der Waals surface area contributed by atoms with Crippen molar-refractivity contribution in [3.8, 4) is 0 Å². The summed E-state index contributed by atoms with van der Waals surface area (Å²) in [6.07, 6.45) is 76.8. The van der Waals surface area contributed by atoms with Crippen molar-refractivity contribution >= 4 is 17.9 Å². The van der Waals surface area contributed by atoms with Gasteiger partial charge in [0.05, 0.1) is 0 Å². The van der Waals surface area contributed by atoms with Crippen LogP contribution in [0.2, 0.25) is 0 Å². The Labute approximate surface area is 432 Å². The Morgan fingerprint density at radius 2 is 0.557 bits per heavy atom. The van der Waals surface area contributed by atoms with Gasteiger partial charge >= 0.3 is 17.9 Å². The minimum atomic E-state index is -0.798. The summed E-state index contributed by atoms with van der Waals surface area (Å²) < 4.78 is 16.9. The summed E-state index contributed by atoms with van der Waals surface area (Å²) in [6, 6.07) is 0. The molecule has 0 saturated heterocycles. The number of carbonyl (C=O) groups excluding carboxylic acids is 3. The average molecular weight is 974 g/mol. The summed E-state index contributed by atoms with van der Waals surface area (Å²) >= 11 is 0. The third kappa shape index (κ3) is 55.3. The van der Waals surface area contributed by atoms with Crippen molar-refractivity contribution in [1.29, 1.82) is 0 Å². The van der Waals surface area contributed by atoms with Gasteiger partial charge in [0.1, 0.15) is 13.2 Å². The highest BCUT2D eigenvalue weighted by Gasteiger charge is 2.19. The lowest BCUT2D eigenvalue weighted by atomic mass is 10.0. The molecular formula is C64H108O6. The van der Waals surface area contributed by atoms with E-state index in [2.05, 4.69) is 118 Å². The van der Waals surface area contributed by atoms with E-state index in [0.29, 0.717) is 19.3 Å². The number of carbonyl (C=O) groups is 3. The van der Waals surface area contributed by atoms with Gasteiger partial charge in [0.2, 0.25) is 0 Å². The Kier molecular flexibility index (Phi) is 54.9. The second-order valence-electron chi connectivity index (χ2n) is 19.1. The van der Waals surface area contributed by atoms with Gasteiger partial charge in [-0.2, -0.15) is 0 Å². The van der Waals surface area contributed by atoms with E-state index in [1.807, 2.05) is 0 Å². The Hall–Kier alpha value is -3.67. The van der Waals surface area contributed by atoms with Gasteiger partial charge in [-0.25, -0.2) is 0 Å². The average Bonchev–Trinajstić information content (AvgIpc) is 3.36. The molecular weight excluding hydrogens is 865 g/mol. The van der Waals surface area contributed by atoms with Gasteiger partial charge in [-0.05, 0) is 96.3 Å². The quantitative estimate of drug-likeness (QED) is 0.0262. The predicted molar refractivity (Wildman–Crippen MR) is 302 cm³/mol. The molecule has 0 heterocycles. The molecule has 0 rings (SSSR count). The van der Waals surface area contributed by atoms with Crippen molar-refractivity contribution in [2.24, 2.45) is 0 Å². The summed E-state index contributed by atoms with van der Waals surface area (Å²) in [4.78, 5) is 38.2. The van der Waals surface area contributed by atoms with Crippen molar-refractivity contribution in [3.05, 3.63) is 97.2 Å². The molecule has 6 heteroatoms. The van der Waals surface area contributed by atoms with Crippen LogP contribution in [0.4, 0.5) is 0 Å². The fraction of sp³-hybridized carbons (Fsp3) is 0.703. The second kappa shape index (κ2) is 57.9. The zero-order valence-electron chi connectivity index (χ0n) is 45.8. The van der Waals surface area contributed by atoms with Gasteiger partial charge in [0.15, 0.2) is 6.10 Å². The highest BCUT2D eigenvalue weighted by atomic mass is 16.6. The number of hydrogen-bond acceptors (Lipinski definition) is 6. The van der Waals surface area contributed by atoms with Crippen LogP contribution in [0.3, 0.4) is 0 Å². The van der Waals surface area contributed by atoms with Gasteiger partial charge in [-0.1, -0.05) is 253 Å². The summed E-state index contributed by atoms with van der Waals surface area (Å²) in [5, 5.41) is 0. The van der Waals surface area contributed by atoms with Crippen molar-refractivity contribution in [2.75, 3.05) is 13.2 Å². The fourth-order valence-corrected chi connectivity index (χ4v) is 8.01. The van der Waals surface area contributed by atoms with Gasteiger partial charge in [-0.3, -0.25) is 14.4 Å². The van der Waals surface area contributed by atoms with Crippen LogP contribution in [0.1, 0.15) is 271 Å². The molecule has 0 amide bonds. The molecule has 0 spiro atoms. The molecule has 0 aliphatic heterocycles. The molecule has 0 bridgehead atoms. The SMILES string of the molecule is CC/C=C\C/C=C\C/C=C\C/C=C\C/C=C\CCCCCC(=O)OC[C@@H](COC(=O)CCCCCCC/C=C\C/C=C\C/C=C\CC)OC(=O)CCCCCCCCCCCCCCCCCCCC. The van der Waals surface area contributed by atoms with Crippen molar-refractivity contribution in [3.63, 3.8) is 0 Å². The monoisotopic (exact) mass is 973 g/mol. The molecule has 1 atom stereocenters. The van der Waals surface area contributed by atoms with Crippen LogP contribution < -0.4 is 0 Å². The lowest BCUT2D eigenvalue weighted by Crippen LogP contribution is -2.30. The lowest BCUT2D eigenvalue weighted by molar-refractivity contribution is -0.167. The van der Waals surface area contributed by atoms with Gasteiger partial charge < -0.3 is 14.2 Å². The molecule has 0 aromatic rings. The zero-order chi connectivity index (χ0) is 50.7. The first-order chi connectivity index (χ1) is 34.5. The van der Waals surface area contributed by atoms with E-state index in [-0.39, 0.29) is 31.1 Å². The summed E-state index contributed by atoms with van der Waals surface area (Å²) in [5.41, 5.74) is 0. The van der Waals surface area contributed by atoms with E-state index < -0.39 is 6.10 Å². The standard InChI is InChI=1S/C64H108O6/c1-4-7-10-13-16-19-22-25-28-30-32-34-36-39-42-45-48-51-54-57-63(66)69-60-61(59-68-62(65)56-53-50-47-44-41-38-35-27-24-21-18-15-12-9-6-3)70-64(67)58-55-52-49-46-43-40-37-33-31-29-26-23-20-17-14-11-8-5-2/h7,9-10,12,16,18-19,21,25,27-28,32,34-35,39,42,61H,4-6,8,11,13-15,17,20,22-24,26,29-31,33,36-38,40-41,43-60H2,1-3H3/b10-7-,12-9-,19-16-,21-18-,28-25-,34-32-,35-27-,42-39-/t61-/m1/s1.